The van der Waals surface area contributed by atoms with Crippen molar-refractivity contribution in [2.24, 2.45) is 5.73 Å². The molecule has 0 saturated carbocycles. The second-order valence-electron chi connectivity index (χ2n) is 4.14. The second-order valence-corrected chi connectivity index (χ2v) is 4.14. The number of hydrogen-bond donors (Lipinski definition) is 1. The molecule has 0 fully saturated rings. The first-order chi connectivity index (χ1) is 7.07. The van der Waals surface area contributed by atoms with E-state index >= 15 is 0 Å². The molecule has 1 rings (SSSR count). The van der Waals surface area contributed by atoms with Crippen molar-refractivity contribution in [2.45, 2.75) is 38.7 Å². The maximum Gasteiger partial charge on any atom is 0.229 e. The van der Waals surface area contributed by atoms with Gasteiger partial charge in [0.05, 0.1) is 12.0 Å². The summed E-state index contributed by atoms with van der Waals surface area (Å²) in [4.78, 5) is 4.27. The lowest BCUT2D eigenvalue weighted by Crippen LogP contribution is -2.25. The maximum atomic E-state index is 5.40. The first kappa shape index (κ1) is 12.1. The standard InChI is InChI=1S/C10H19N3O2/c1-10(2,14-3)7-9-12-8(13-15-9)5-4-6-11/h4-7,11H2,1-3H3. The zero-order valence-electron chi connectivity index (χ0n) is 9.62. The fourth-order valence-electron chi connectivity index (χ4n) is 1.16. The molecule has 0 aromatic carbocycles. The Morgan fingerprint density at radius 1 is 1.47 bits per heavy atom. The first-order valence-electron chi connectivity index (χ1n) is 5.14. The summed E-state index contributed by atoms with van der Waals surface area (Å²) in [5, 5.41) is 3.87. The van der Waals surface area contributed by atoms with E-state index in [2.05, 4.69) is 10.1 Å². The fourth-order valence-corrected chi connectivity index (χ4v) is 1.16. The van der Waals surface area contributed by atoms with Crippen LogP contribution in [0.25, 0.3) is 0 Å². The third kappa shape index (κ3) is 3.97. The van der Waals surface area contributed by atoms with E-state index in [1.165, 1.54) is 0 Å². The van der Waals surface area contributed by atoms with Gasteiger partial charge in [0.2, 0.25) is 5.89 Å². The molecular formula is C10H19N3O2. The Morgan fingerprint density at radius 3 is 2.80 bits per heavy atom. The number of ether oxygens (including phenoxy) is 1. The topological polar surface area (TPSA) is 74.2 Å². The molecule has 86 valence electrons. The highest BCUT2D eigenvalue weighted by Gasteiger charge is 2.21. The summed E-state index contributed by atoms with van der Waals surface area (Å²) in [5.74, 6) is 1.34. The largest absolute Gasteiger partial charge is 0.378 e. The van der Waals surface area contributed by atoms with Crippen LogP contribution in [0.1, 0.15) is 32.0 Å². The lowest BCUT2D eigenvalue weighted by Gasteiger charge is -2.19. The minimum atomic E-state index is -0.266. The molecule has 2 N–H and O–H groups in total. The SMILES string of the molecule is COC(C)(C)Cc1nc(CCCN)no1. The number of rotatable bonds is 6. The number of aryl methyl sites for hydroxylation is 1. The van der Waals surface area contributed by atoms with Gasteiger partial charge in [0.1, 0.15) is 0 Å². The summed E-state index contributed by atoms with van der Waals surface area (Å²) in [7, 11) is 1.67. The van der Waals surface area contributed by atoms with E-state index in [4.69, 9.17) is 15.0 Å². The first-order valence-corrected chi connectivity index (χ1v) is 5.14. The second kappa shape index (κ2) is 5.23. The van der Waals surface area contributed by atoms with Crippen LogP contribution in [-0.4, -0.2) is 29.4 Å². The molecular weight excluding hydrogens is 194 g/mol. The highest BCUT2D eigenvalue weighted by molar-refractivity contribution is 4.91. The molecule has 0 unspecified atom stereocenters. The highest BCUT2D eigenvalue weighted by Crippen LogP contribution is 2.14. The molecule has 0 aliphatic rings. The van der Waals surface area contributed by atoms with Gasteiger partial charge in [-0.3, -0.25) is 0 Å². The Labute approximate surface area is 90.0 Å². The fraction of sp³-hybridized carbons (Fsp3) is 0.800. The lowest BCUT2D eigenvalue weighted by atomic mass is 10.1. The van der Waals surface area contributed by atoms with Crippen molar-refractivity contribution >= 4 is 0 Å². The van der Waals surface area contributed by atoms with Crippen LogP contribution in [0.4, 0.5) is 0 Å². The minimum Gasteiger partial charge on any atom is -0.378 e. The van der Waals surface area contributed by atoms with Gasteiger partial charge in [-0.15, -0.1) is 0 Å². The van der Waals surface area contributed by atoms with Gasteiger partial charge in [-0.1, -0.05) is 5.16 Å². The zero-order chi connectivity index (χ0) is 11.3. The summed E-state index contributed by atoms with van der Waals surface area (Å²) in [6.45, 7) is 4.61. The van der Waals surface area contributed by atoms with Crippen LogP contribution in [0.15, 0.2) is 4.52 Å². The van der Waals surface area contributed by atoms with E-state index in [9.17, 15) is 0 Å². The Bertz CT molecular complexity index is 297. The van der Waals surface area contributed by atoms with E-state index in [0.717, 1.165) is 18.7 Å². The summed E-state index contributed by atoms with van der Waals surface area (Å²) in [6.07, 6.45) is 2.28. The quantitative estimate of drug-likeness (QED) is 0.760. The van der Waals surface area contributed by atoms with Crippen LogP contribution in [0.2, 0.25) is 0 Å². The summed E-state index contributed by atoms with van der Waals surface area (Å²) >= 11 is 0. The summed E-state index contributed by atoms with van der Waals surface area (Å²) in [6, 6.07) is 0. The molecule has 0 aliphatic carbocycles. The van der Waals surface area contributed by atoms with E-state index in [1.54, 1.807) is 7.11 Å². The van der Waals surface area contributed by atoms with Crippen molar-refractivity contribution in [1.29, 1.82) is 0 Å². The predicted molar refractivity (Wildman–Crippen MR) is 56.5 cm³/mol. The van der Waals surface area contributed by atoms with E-state index in [-0.39, 0.29) is 5.60 Å². The molecule has 0 spiro atoms. The van der Waals surface area contributed by atoms with E-state index in [0.29, 0.717) is 18.9 Å². The van der Waals surface area contributed by atoms with E-state index < -0.39 is 0 Å². The molecule has 1 aromatic rings. The average molecular weight is 213 g/mol. The number of nitrogens with zero attached hydrogens (tertiary/aromatic N) is 2. The van der Waals surface area contributed by atoms with Gasteiger partial charge in [0, 0.05) is 13.5 Å². The van der Waals surface area contributed by atoms with Gasteiger partial charge in [0.15, 0.2) is 5.82 Å². The van der Waals surface area contributed by atoms with Crippen molar-refractivity contribution in [3.8, 4) is 0 Å². The molecule has 0 radical (unpaired) electrons. The van der Waals surface area contributed by atoms with Crippen molar-refractivity contribution in [3.63, 3.8) is 0 Å². The van der Waals surface area contributed by atoms with Gasteiger partial charge in [-0.25, -0.2) is 0 Å². The van der Waals surface area contributed by atoms with Gasteiger partial charge < -0.3 is 15.0 Å². The Kier molecular flexibility index (Phi) is 4.23. The molecule has 5 heteroatoms. The molecule has 0 atom stereocenters. The summed E-state index contributed by atoms with van der Waals surface area (Å²) in [5.41, 5.74) is 5.13. The van der Waals surface area contributed by atoms with Crippen molar-refractivity contribution in [1.82, 2.24) is 10.1 Å². The van der Waals surface area contributed by atoms with Crippen molar-refractivity contribution in [2.75, 3.05) is 13.7 Å². The van der Waals surface area contributed by atoms with Crippen LogP contribution in [0, 0.1) is 0 Å². The molecule has 0 saturated heterocycles. The molecule has 1 heterocycles. The molecule has 0 bridgehead atoms. The third-order valence-corrected chi connectivity index (χ3v) is 2.24. The Morgan fingerprint density at radius 2 is 2.20 bits per heavy atom. The maximum absolute atomic E-state index is 5.40. The van der Waals surface area contributed by atoms with Gasteiger partial charge in [0.25, 0.3) is 0 Å². The highest BCUT2D eigenvalue weighted by atomic mass is 16.5. The third-order valence-electron chi connectivity index (χ3n) is 2.24. The molecule has 0 aliphatic heterocycles. The minimum absolute atomic E-state index is 0.266. The monoisotopic (exact) mass is 213 g/mol. The number of nitrogens with two attached hydrogens (primary N) is 1. The van der Waals surface area contributed by atoms with E-state index in [1.807, 2.05) is 13.8 Å². The van der Waals surface area contributed by atoms with Gasteiger partial charge in [-0.05, 0) is 26.8 Å². The van der Waals surface area contributed by atoms with Gasteiger partial charge in [-0.2, -0.15) is 4.98 Å². The van der Waals surface area contributed by atoms with Crippen molar-refractivity contribution in [3.05, 3.63) is 11.7 Å². The van der Waals surface area contributed by atoms with Crippen LogP contribution in [0.3, 0.4) is 0 Å². The molecule has 0 amide bonds. The predicted octanol–water partition coefficient (Wildman–Crippen LogP) is 0.928. The van der Waals surface area contributed by atoms with Crippen LogP contribution in [-0.2, 0) is 17.6 Å². The number of hydrogen-bond acceptors (Lipinski definition) is 5. The van der Waals surface area contributed by atoms with Crippen LogP contribution in [0.5, 0.6) is 0 Å². The van der Waals surface area contributed by atoms with Gasteiger partial charge >= 0.3 is 0 Å². The van der Waals surface area contributed by atoms with Crippen LogP contribution < -0.4 is 5.73 Å². The Hall–Kier alpha value is -0.940. The zero-order valence-corrected chi connectivity index (χ0v) is 9.62. The lowest BCUT2D eigenvalue weighted by molar-refractivity contribution is 0.0170. The Balaban J connectivity index is 2.52. The molecule has 5 nitrogen and oxygen atoms in total. The number of methoxy groups -OCH3 is 1. The molecule has 1 aromatic heterocycles. The average Bonchev–Trinajstić information content (AvgIpc) is 2.62. The molecule has 15 heavy (non-hydrogen) atoms. The van der Waals surface area contributed by atoms with Crippen LogP contribution >= 0.6 is 0 Å². The normalized spacial score (nSPS) is 12.0. The summed E-state index contributed by atoms with van der Waals surface area (Å²) < 4.78 is 10.4. The smallest absolute Gasteiger partial charge is 0.229 e. The van der Waals surface area contributed by atoms with Crippen molar-refractivity contribution < 1.29 is 9.26 Å². The number of aromatic nitrogens is 2.